The van der Waals surface area contributed by atoms with Crippen LogP contribution in [0.25, 0.3) is 0 Å². The largest absolute Gasteiger partial charge is 0.469 e. The third-order valence-electron chi connectivity index (χ3n) is 13.4. The molecule has 1 aromatic rings. The minimum Gasteiger partial charge on any atom is -0.469 e. The lowest BCUT2D eigenvalue weighted by Gasteiger charge is -2.54. The van der Waals surface area contributed by atoms with Crippen molar-refractivity contribution in [3.05, 3.63) is 35.3 Å². The Morgan fingerprint density at radius 3 is 2.11 bits per heavy atom. The van der Waals surface area contributed by atoms with Crippen LogP contribution in [0.15, 0.2) is 28.4 Å². The molecule has 3 saturated heterocycles. The van der Waals surface area contributed by atoms with Crippen LogP contribution in [0.3, 0.4) is 0 Å². The van der Waals surface area contributed by atoms with Gasteiger partial charge in [0, 0.05) is 50.9 Å². The average Bonchev–Trinajstić information content (AvgIpc) is 3.54. The van der Waals surface area contributed by atoms with Gasteiger partial charge in [-0.3, -0.25) is 4.79 Å². The highest BCUT2D eigenvalue weighted by molar-refractivity contribution is 5.89. The number of carbonyl (C=O) groups is 1. The molecule has 4 heterocycles. The van der Waals surface area contributed by atoms with E-state index in [-0.39, 0.29) is 35.7 Å². The Morgan fingerprint density at radius 2 is 1.43 bits per heavy atom. The van der Waals surface area contributed by atoms with Gasteiger partial charge in [-0.1, -0.05) is 18.6 Å². The molecule has 53 heavy (non-hydrogen) atoms. The predicted octanol–water partition coefficient (Wildman–Crippen LogP) is 4.07. The third-order valence-corrected chi connectivity index (χ3v) is 13.4. The van der Waals surface area contributed by atoms with E-state index in [0.29, 0.717) is 37.9 Å². The van der Waals surface area contributed by atoms with E-state index < -0.39 is 79.9 Å². The van der Waals surface area contributed by atoms with E-state index in [0.717, 1.165) is 24.2 Å². The van der Waals surface area contributed by atoms with Crippen molar-refractivity contribution in [1.29, 1.82) is 0 Å². The number of aryl methyl sites for hydroxylation is 1. The summed E-state index contributed by atoms with van der Waals surface area (Å²) in [6.07, 6.45) is 0.130. The molecule has 3 aliphatic carbocycles. The van der Waals surface area contributed by atoms with Gasteiger partial charge in [0.25, 0.3) is 0 Å². The Bertz CT molecular complexity index is 1430. The van der Waals surface area contributed by atoms with Gasteiger partial charge < -0.3 is 57.6 Å². The molecule has 0 spiro atoms. The number of hydrogen-bond donors (Lipinski definition) is 3. The van der Waals surface area contributed by atoms with Crippen molar-refractivity contribution in [1.82, 2.24) is 0 Å². The van der Waals surface area contributed by atoms with Gasteiger partial charge in [-0.05, 0) is 77.2 Å². The Kier molecular flexibility index (Phi) is 11.9. The third kappa shape index (κ3) is 7.70. The topological polar surface area (TPSA) is 165 Å². The van der Waals surface area contributed by atoms with Crippen molar-refractivity contribution in [2.75, 3.05) is 14.2 Å². The Hall–Kier alpha value is -1.75. The summed E-state index contributed by atoms with van der Waals surface area (Å²) in [6.45, 7) is 9.63. The predicted molar refractivity (Wildman–Crippen MR) is 189 cm³/mol. The van der Waals surface area contributed by atoms with Gasteiger partial charge in [0.1, 0.15) is 29.9 Å². The van der Waals surface area contributed by atoms with E-state index in [4.69, 9.17) is 42.3 Å². The SMILES string of the molecule is CO[C@@H]1C[C@H](O[C@H]2[C@@H](O)C[C@H](O[C@@H]3[C@H](C)O[C@H](O[C@H]4CC5=CC[C@H]6C(=O)[C@@H](c7ccoc7C)CC[C@@H]6[C@]5(C)C[C@H]4O)C[C@H]3OC)O[C@@H]2C)O[C@@H](C)[C@@H]1O. The molecule has 0 aromatic carbocycles. The van der Waals surface area contributed by atoms with Crippen LogP contribution in [0.1, 0.15) is 96.3 Å². The monoisotopic (exact) mass is 748 g/mol. The highest BCUT2D eigenvalue weighted by Crippen LogP contribution is 2.58. The molecular weight excluding hydrogens is 688 g/mol. The quantitative estimate of drug-likeness (QED) is 0.310. The van der Waals surface area contributed by atoms with Gasteiger partial charge in [-0.2, -0.15) is 0 Å². The van der Waals surface area contributed by atoms with Gasteiger partial charge in [-0.15, -0.1) is 0 Å². The fraction of sp³-hybridized carbons (Fsp3) is 0.825. The molecule has 298 valence electrons. The molecule has 0 unspecified atom stereocenters. The number of carbonyl (C=O) groups excluding carboxylic acids is 1. The zero-order valence-electron chi connectivity index (χ0n) is 32.1. The number of furan rings is 1. The molecule has 0 bridgehead atoms. The second-order valence-corrected chi connectivity index (χ2v) is 16.5. The van der Waals surface area contributed by atoms with E-state index in [1.165, 1.54) is 5.57 Å². The highest BCUT2D eigenvalue weighted by atomic mass is 16.7. The molecule has 1 aromatic heterocycles. The molecule has 0 radical (unpaired) electrons. The number of fused-ring (bicyclic) bond motifs is 3. The Balaban J connectivity index is 0.932. The van der Waals surface area contributed by atoms with E-state index in [1.54, 1.807) is 27.4 Å². The lowest BCUT2D eigenvalue weighted by atomic mass is 9.51. The maximum atomic E-state index is 13.8. The Morgan fingerprint density at radius 1 is 0.792 bits per heavy atom. The lowest BCUT2D eigenvalue weighted by molar-refractivity contribution is -0.338. The summed E-state index contributed by atoms with van der Waals surface area (Å²) in [4.78, 5) is 13.8. The molecule has 0 amide bonds. The van der Waals surface area contributed by atoms with Crippen LogP contribution in [0.5, 0.6) is 0 Å². The van der Waals surface area contributed by atoms with Crippen molar-refractivity contribution in [2.45, 2.75) is 178 Å². The van der Waals surface area contributed by atoms with Gasteiger partial charge in [0.15, 0.2) is 18.9 Å². The van der Waals surface area contributed by atoms with E-state index in [2.05, 4.69) is 13.0 Å². The standard InChI is InChI=1S/C40H60O13/c1-19-24(12-13-47-19)25-10-11-27-26(37(25)44)9-8-23-14-30(29(42)18-40(23,27)5)51-34-17-32(46-7)39(22(4)50-34)53-33-15-28(41)38(21(3)49-33)52-35-16-31(45-6)36(43)20(2)48-35/h8,12-13,20-22,25-36,38-39,41-43H,9-11,14-18H2,1-7H3/t20-,21+,22-,25+,26+,27-,28-,29+,30-,31+,32+,33-,34+,35-,36-,38+,39+,40+/m0/s1. The summed E-state index contributed by atoms with van der Waals surface area (Å²) < 4.78 is 54.3. The second kappa shape index (κ2) is 16.0. The molecule has 3 aliphatic heterocycles. The smallest absolute Gasteiger partial charge is 0.161 e. The first-order chi connectivity index (χ1) is 25.3. The van der Waals surface area contributed by atoms with Crippen LogP contribution < -0.4 is 0 Å². The first-order valence-electron chi connectivity index (χ1n) is 19.6. The van der Waals surface area contributed by atoms with Crippen LogP contribution in [-0.4, -0.2) is 121 Å². The summed E-state index contributed by atoms with van der Waals surface area (Å²) >= 11 is 0. The van der Waals surface area contributed by atoms with Crippen molar-refractivity contribution in [3.8, 4) is 0 Å². The minimum absolute atomic E-state index is 0.0626. The number of rotatable bonds is 9. The van der Waals surface area contributed by atoms with Crippen LogP contribution in [0.2, 0.25) is 0 Å². The molecule has 13 nitrogen and oxygen atoms in total. The van der Waals surface area contributed by atoms with Crippen LogP contribution in [-0.2, 0) is 42.7 Å². The highest BCUT2D eigenvalue weighted by Gasteiger charge is 2.55. The summed E-state index contributed by atoms with van der Waals surface area (Å²) in [6, 6.07) is 1.94. The van der Waals surface area contributed by atoms with Crippen LogP contribution in [0, 0.1) is 24.2 Å². The van der Waals surface area contributed by atoms with Crippen molar-refractivity contribution < 1.29 is 62.4 Å². The molecule has 13 heteroatoms. The van der Waals surface area contributed by atoms with Crippen molar-refractivity contribution >= 4 is 5.78 Å². The molecule has 3 N–H and O–H groups in total. The van der Waals surface area contributed by atoms with Gasteiger partial charge in [-0.25, -0.2) is 0 Å². The molecule has 18 atom stereocenters. The number of aliphatic hydroxyl groups excluding tert-OH is 3. The lowest BCUT2D eigenvalue weighted by Crippen LogP contribution is -2.57. The maximum Gasteiger partial charge on any atom is 0.161 e. The first kappa shape index (κ1) is 39.5. The van der Waals surface area contributed by atoms with E-state index in [1.807, 2.05) is 26.8 Å². The zero-order valence-corrected chi connectivity index (χ0v) is 32.1. The van der Waals surface area contributed by atoms with Crippen LogP contribution >= 0.6 is 0 Å². The van der Waals surface area contributed by atoms with E-state index >= 15 is 0 Å². The molecule has 2 saturated carbocycles. The number of ether oxygens (including phenoxy) is 8. The minimum atomic E-state index is -0.885. The normalized spacial score (nSPS) is 47.8. The fourth-order valence-corrected chi connectivity index (χ4v) is 10.3. The maximum absolute atomic E-state index is 13.8. The molecule has 6 aliphatic rings. The summed E-state index contributed by atoms with van der Waals surface area (Å²) in [5, 5.41) is 33.0. The first-order valence-corrected chi connectivity index (χ1v) is 19.6. The molecule has 7 rings (SSSR count). The number of Topliss-reactive ketones (excluding diaryl/α,β-unsaturated/α-hetero) is 1. The number of hydrogen-bond acceptors (Lipinski definition) is 13. The number of methoxy groups -OCH3 is 2. The molecule has 5 fully saturated rings. The fourth-order valence-electron chi connectivity index (χ4n) is 10.3. The summed E-state index contributed by atoms with van der Waals surface area (Å²) in [5.41, 5.74) is 2.00. The number of ketones is 1. The van der Waals surface area contributed by atoms with E-state index in [9.17, 15) is 20.1 Å². The van der Waals surface area contributed by atoms with Crippen LogP contribution in [0.4, 0.5) is 0 Å². The van der Waals surface area contributed by atoms with Gasteiger partial charge >= 0.3 is 0 Å². The second-order valence-electron chi connectivity index (χ2n) is 16.5. The van der Waals surface area contributed by atoms with Crippen molar-refractivity contribution in [2.24, 2.45) is 17.3 Å². The van der Waals surface area contributed by atoms with Gasteiger partial charge in [0.05, 0.1) is 55.1 Å². The van der Waals surface area contributed by atoms with Crippen molar-refractivity contribution in [3.63, 3.8) is 0 Å². The Labute approximate surface area is 312 Å². The summed E-state index contributed by atoms with van der Waals surface area (Å²) in [5.74, 6) is 1.11. The number of aliphatic hydroxyl groups is 3. The average molecular weight is 749 g/mol. The summed E-state index contributed by atoms with van der Waals surface area (Å²) in [7, 11) is 3.17. The van der Waals surface area contributed by atoms with Gasteiger partial charge in [0.2, 0.25) is 0 Å². The number of allylic oxidation sites excluding steroid dienone is 1. The molecular formula is C40H60O13. The zero-order chi connectivity index (χ0) is 37.8.